The lowest BCUT2D eigenvalue weighted by Crippen LogP contribution is -2.46. The lowest BCUT2D eigenvalue weighted by Gasteiger charge is -2.32. The molecule has 1 saturated carbocycles. The van der Waals surface area contributed by atoms with Crippen LogP contribution in [-0.2, 0) is 22.7 Å². The van der Waals surface area contributed by atoms with E-state index in [2.05, 4.69) is 15.6 Å². The fourth-order valence-corrected chi connectivity index (χ4v) is 4.30. The van der Waals surface area contributed by atoms with Crippen molar-refractivity contribution in [3.63, 3.8) is 0 Å². The van der Waals surface area contributed by atoms with Gasteiger partial charge < -0.3 is 24.1 Å². The minimum absolute atomic E-state index is 0.0354. The first-order valence-corrected chi connectivity index (χ1v) is 11.7. The number of ether oxygens (including phenoxy) is 2. The molecule has 1 N–H and O–H groups in total. The van der Waals surface area contributed by atoms with Crippen LogP contribution in [0.5, 0.6) is 11.5 Å². The minimum atomic E-state index is -0.880. The van der Waals surface area contributed by atoms with E-state index in [4.69, 9.17) is 13.9 Å². The number of benzene rings is 2. The van der Waals surface area contributed by atoms with Crippen molar-refractivity contribution in [1.29, 1.82) is 0 Å². The van der Waals surface area contributed by atoms with Gasteiger partial charge >= 0.3 is 0 Å². The number of carbonyl (C=O) groups excluding carboxylic acids is 2. The van der Waals surface area contributed by atoms with Gasteiger partial charge in [-0.25, -0.2) is 4.68 Å². The van der Waals surface area contributed by atoms with E-state index in [0.29, 0.717) is 28.3 Å². The zero-order valence-corrected chi connectivity index (χ0v) is 20.1. The minimum Gasteiger partial charge on any atom is -0.493 e. The Morgan fingerprint density at radius 1 is 1.11 bits per heavy atom. The van der Waals surface area contributed by atoms with Gasteiger partial charge in [0.2, 0.25) is 11.8 Å². The Bertz CT molecular complexity index is 1360. The van der Waals surface area contributed by atoms with Gasteiger partial charge in [0.1, 0.15) is 23.9 Å². The van der Waals surface area contributed by atoms with Gasteiger partial charge in [-0.1, -0.05) is 23.4 Å². The Balaban J connectivity index is 1.48. The van der Waals surface area contributed by atoms with Gasteiger partial charge in [-0.05, 0) is 54.8 Å². The number of nitrogens with one attached hydrogen (secondary N) is 1. The van der Waals surface area contributed by atoms with Gasteiger partial charge in [0.05, 0.1) is 32.5 Å². The summed E-state index contributed by atoms with van der Waals surface area (Å²) >= 11 is 0. The molecule has 2 aromatic carbocycles. The van der Waals surface area contributed by atoms with Gasteiger partial charge in [-0.15, -0.1) is 5.10 Å². The lowest BCUT2D eigenvalue weighted by molar-refractivity contribution is -0.142. The van der Waals surface area contributed by atoms with Crippen molar-refractivity contribution in [2.75, 3.05) is 14.2 Å². The number of hydrogen-bond acceptors (Lipinski definition) is 7. The number of fused-ring (bicyclic) bond motifs is 1. The molecular formula is C26H27N5O5. The summed E-state index contributed by atoms with van der Waals surface area (Å²) in [7, 11) is 3.08. The monoisotopic (exact) mass is 489 g/mol. The highest BCUT2D eigenvalue weighted by Gasteiger charge is 2.41. The second-order valence-corrected chi connectivity index (χ2v) is 8.58. The van der Waals surface area contributed by atoms with Crippen molar-refractivity contribution in [2.24, 2.45) is 0 Å². The molecule has 4 aromatic rings. The number of para-hydroxylation sites is 1. The summed E-state index contributed by atoms with van der Waals surface area (Å²) in [6.45, 7) is 0.169. The molecule has 0 bridgehead atoms. The van der Waals surface area contributed by atoms with E-state index in [1.807, 2.05) is 24.3 Å². The molecule has 10 nitrogen and oxygen atoms in total. The largest absolute Gasteiger partial charge is 0.493 e. The summed E-state index contributed by atoms with van der Waals surface area (Å²) in [5.74, 6) is 1.09. The quantitative estimate of drug-likeness (QED) is 0.364. The first-order chi connectivity index (χ1) is 17.6. The van der Waals surface area contributed by atoms with Crippen molar-refractivity contribution in [3.05, 3.63) is 72.2 Å². The predicted molar refractivity (Wildman–Crippen MR) is 130 cm³/mol. The third kappa shape index (κ3) is 4.74. The number of methoxy groups -OCH3 is 2. The Labute approximate surface area is 207 Å². The highest BCUT2D eigenvalue weighted by molar-refractivity contribution is 5.89. The van der Waals surface area contributed by atoms with E-state index in [9.17, 15) is 9.59 Å². The number of amides is 2. The number of hydrogen-bond donors (Lipinski definition) is 1. The van der Waals surface area contributed by atoms with Crippen molar-refractivity contribution in [3.8, 4) is 11.5 Å². The smallest absolute Gasteiger partial charge is 0.247 e. The lowest BCUT2D eigenvalue weighted by atomic mass is 10.0. The summed E-state index contributed by atoms with van der Waals surface area (Å²) < 4.78 is 17.8. The molecule has 0 aliphatic heterocycles. The van der Waals surface area contributed by atoms with E-state index < -0.39 is 6.04 Å². The van der Waals surface area contributed by atoms with E-state index in [-0.39, 0.29) is 30.9 Å². The van der Waals surface area contributed by atoms with Gasteiger partial charge in [0, 0.05) is 6.04 Å². The van der Waals surface area contributed by atoms with Crippen LogP contribution in [0, 0.1) is 0 Å². The van der Waals surface area contributed by atoms with Crippen LogP contribution in [0.1, 0.15) is 30.2 Å². The number of nitrogens with zero attached hydrogens (tertiary/aromatic N) is 4. The first-order valence-electron chi connectivity index (χ1n) is 11.7. The van der Waals surface area contributed by atoms with Crippen LogP contribution in [0.2, 0.25) is 0 Å². The average Bonchev–Trinajstić information content (AvgIpc) is 3.44. The van der Waals surface area contributed by atoms with Gasteiger partial charge in [-0.2, -0.15) is 0 Å². The zero-order chi connectivity index (χ0) is 25.1. The first kappa shape index (κ1) is 23.4. The molecule has 0 saturated heterocycles. The van der Waals surface area contributed by atoms with Crippen molar-refractivity contribution < 1.29 is 23.5 Å². The molecule has 5 rings (SSSR count). The average molecular weight is 490 g/mol. The standard InChI is InChI=1S/C26H27N5O5/c1-34-22-12-9-17(14-23(22)35-2)25(26(33)27-15-19-6-5-13-36-19)31(18-10-11-18)24(32)16-30-21-8-4-3-7-20(21)28-29-30/h3-9,12-14,18,25H,10-11,15-16H2,1-2H3,(H,27,33). The SMILES string of the molecule is COc1ccc(C(C(=O)NCc2ccco2)N(C(=O)Cn2nnc3ccccc32)C2CC2)cc1OC. The predicted octanol–water partition coefficient (Wildman–Crippen LogP) is 3.09. The van der Waals surface area contributed by atoms with Crippen LogP contribution >= 0.6 is 0 Å². The molecule has 1 aliphatic rings. The second kappa shape index (κ2) is 10.1. The molecule has 10 heteroatoms. The van der Waals surface area contributed by atoms with Crippen molar-refractivity contribution >= 4 is 22.8 Å². The summed E-state index contributed by atoms with van der Waals surface area (Å²) in [4.78, 5) is 29.0. The van der Waals surface area contributed by atoms with Gasteiger partial charge in [0.15, 0.2) is 11.5 Å². The maximum Gasteiger partial charge on any atom is 0.247 e. The molecule has 1 fully saturated rings. The van der Waals surface area contributed by atoms with Crippen LogP contribution in [-0.4, -0.2) is 52.0 Å². The van der Waals surface area contributed by atoms with Gasteiger partial charge in [-0.3, -0.25) is 9.59 Å². The molecule has 186 valence electrons. The van der Waals surface area contributed by atoms with Crippen LogP contribution < -0.4 is 14.8 Å². The van der Waals surface area contributed by atoms with Crippen LogP contribution in [0.4, 0.5) is 0 Å². The van der Waals surface area contributed by atoms with E-state index in [1.165, 1.54) is 7.11 Å². The number of furan rings is 1. The molecule has 36 heavy (non-hydrogen) atoms. The van der Waals surface area contributed by atoms with Crippen LogP contribution in [0.3, 0.4) is 0 Å². The molecule has 2 amide bonds. The fraction of sp³-hybridized carbons (Fsp3) is 0.308. The molecule has 1 unspecified atom stereocenters. The Kier molecular flexibility index (Phi) is 6.57. The molecule has 1 atom stereocenters. The second-order valence-electron chi connectivity index (χ2n) is 8.58. The third-order valence-electron chi connectivity index (χ3n) is 6.20. The summed E-state index contributed by atoms with van der Waals surface area (Å²) in [5, 5.41) is 11.2. The van der Waals surface area contributed by atoms with Crippen LogP contribution in [0.15, 0.2) is 65.3 Å². The summed E-state index contributed by atoms with van der Waals surface area (Å²) in [6.07, 6.45) is 3.19. The molecule has 1 aliphatic carbocycles. The number of aromatic nitrogens is 3. The molecule has 0 radical (unpaired) electrons. The number of rotatable bonds is 10. The number of carbonyl (C=O) groups is 2. The molecular weight excluding hydrogens is 462 g/mol. The highest BCUT2D eigenvalue weighted by Crippen LogP contribution is 2.38. The Hall–Kier alpha value is -4.34. The third-order valence-corrected chi connectivity index (χ3v) is 6.20. The molecule has 2 aromatic heterocycles. The van der Waals surface area contributed by atoms with Crippen LogP contribution in [0.25, 0.3) is 11.0 Å². The Morgan fingerprint density at radius 3 is 2.64 bits per heavy atom. The molecule has 2 heterocycles. The zero-order valence-electron chi connectivity index (χ0n) is 20.1. The topological polar surface area (TPSA) is 112 Å². The summed E-state index contributed by atoms with van der Waals surface area (Å²) in [5.41, 5.74) is 2.08. The summed E-state index contributed by atoms with van der Waals surface area (Å²) in [6, 6.07) is 15.3. The molecule has 0 spiro atoms. The van der Waals surface area contributed by atoms with E-state index in [0.717, 1.165) is 18.4 Å². The Morgan fingerprint density at radius 2 is 1.92 bits per heavy atom. The highest BCUT2D eigenvalue weighted by atomic mass is 16.5. The fourth-order valence-electron chi connectivity index (χ4n) is 4.30. The normalized spacial score (nSPS) is 13.8. The maximum atomic E-state index is 13.7. The van der Waals surface area contributed by atoms with Crippen molar-refractivity contribution in [2.45, 2.75) is 38.0 Å². The van der Waals surface area contributed by atoms with Gasteiger partial charge in [0.25, 0.3) is 0 Å². The maximum absolute atomic E-state index is 13.7. The van der Waals surface area contributed by atoms with Crippen molar-refractivity contribution in [1.82, 2.24) is 25.2 Å². The van der Waals surface area contributed by atoms with E-state index >= 15 is 0 Å². The van der Waals surface area contributed by atoms with E-state index in [1.54, 1.807) is 53.3 Å².